The lowest BCUT2D eigenvalue weighted by Gasteiger charge is -2.47. The van der Waals surface area contributed by atoms with Gasteiger partial charge in [-0.1, -0.05) is 0 Å². The molecule has 0 aromatic carbocycles. The molecular formula is C12H15BrN2O. The highest BCUT2D eigenvalue weighted by molar-refractivity contribution is 9.10. The minimum atomic E-state index is 0.513. The Hall–Kier alpha value is -0.610. The molecule has 16 heavy (non-hydrogen) atoms. The molecule has 0 N–H and O–H groups in total. The van der Waals surface area contributed by atoms with Gasteiger partial charge in [-0.15, -0.1) is 0 Å². The Morgan fingerprint density at radius 1 is 1.25 bits per heavy atom. The predicted molar refractivity (Wildman–Crippen MR) is 66.6 cm³/mol. The van der Waals surface area contributed by atoms with Gasteiger partial charge in [0.05, 0.1) is 25.1 Å². The van der Waals surface area contributed by atoms with Crippen molar-refractivity contribution in [3.05, 3.63) is 22.9 Å². The third kappa shape index (κ3) is 1.84. The van der Waals surface area contributed by atoms with Crippen LogP contribution in [-0.2, 0) is 4.74 Å². The maximum atomic E-state index is 5.34. The summed E-state index contributed by atoms with van der Waals surface area (Å²) >= 11 is 3.36. The van der Waals surface area contributed by atoms with Crippen molar-refractivity contribution >= 4 is 21.6 Å². The highest BCUT2D eigenvalue weighted by atomic mass is 79.9. The summed E-state index contributed by atoms with van der Waals surface area (Å²) in [6, 6.07) is 4.14. The van der Waals surface area contributed by atoms with E-state index >= 15 is 0 Å². The molecule has 0 saturated carbocycles. The standard InChI is InChI=1S/C12H15BrN2O/c13-11-2-1-10(7-14-11)15-5-3-12(4-6-15)8-16-9-12/h1-2,7H,3-6,8-9H2. The van der Waals surface area contributed by atoms with Crippen LogP contribution in [0, 0.1) is 5.41 Å². The van der Waals surface area contributed by atoms with Gasteiger partial charge >= 0.3 is 0 Å². The number of hydrogen-bond donors (Lipinski definition) is 0. The fraction of sp³-hybridized carbons (Fsp3) is 0.583. The zero-order chi connectivity index (χ0) is 11.0. The molecule has 1 aromatic heterocycles. The Bertz CT molecular complexity index is 365. The van der Waals surface area contributed by atoms with E-state index in [0.717, 1.165) is 30.9 Å². The van der Waals surface area contributed by atoms with Crippen LogP contribution in [-0.4, -0.2) is 31.3 Å². The molecule has 0 atom stereocenters. The number of anilines is 1. The number of nitrogens with zero attached hydrogens (tertiary/aromatic N) is 2. The lowest BCUT2D eigenvalue weighted by molar-refractivity contribution is -0.124. The van der Waals surface area contributed by atoms with Gasteiger partial charge in [-0.3, -0.25) is 0 Å². The van der Waals surface area contributed by atoms with E-state index in [1.165, 1.54) is 18.5 Å². The minimum absolute atomic E-state index is 0.513. The molecule has 2 aliphatic heterocycles. The van der Waals surface area contributed by atoms with Gasteiger partial charge in [0.15, 0.2) is 0 Å². The summed E-state index contributed by atoms with van der Waals surface area (Å²) in [5.41, 5.74) is 1.75. The largest absolute Gasteiger partial charge is 0.380 e. The molecule has 86 valence electrons. The van der Waals surface area contributed by atoms with Crippen LogP contribution in [0.2, 0.25) is 0 Å². The second-order valence-electron chi connectivity index (χ2n) is 4.82. The topological polar surface area (TPSA) is 25.4 Å². The van der Waals surface area contributed by atoms with E-state index in [0.29, 0.717) is 5.41 Å². The molecule has 4 heteroatoms. The Morgan fingerprint density at radius 3 is 2.50 bits per heavy atom. The highest BCUT2D eigenvalue weighted by Gasteiger charge is 2.41. The van der Waals surface area contributed by atoms with Crippen molar-refractivity contribution in [3.63, 3.8) is 0 Å². The summed E-state index contributed by atoms with van der Waals surface area (Å²) in [4.78, 5) is 6.69. The lowest BCUT2D eigenvalue weighted by Crippen LogP contribution is -2.50. The Labute approximate surface area is 104 Å². The van der Waals surface area contributed by atoms with E-state index in [4.69, 9.17) is 4.74 Å². The van der Waals surface area contributed by atoms with Gasteiger partial charge in [0.1, 0.15) is 4.60 Å². The number of ether oxygens (including phenoxy) is 1. The van der Waals surface area contributed by atoms with Crippen LogP contribution in [0.4, 0.5) is 5.69 Å². The van der Waals surface area contributed by atoms with Crippen molar-refractivity contribution in [3.8, 4) is 0 Å². The van der Waals surface area contributed by atoms with E-state index in [9.17, 15) is 0 Å². The Kier molecular flexibility index (Phi) is 2.64. The fourth-order valence-electron chi connectivity index (χ4n) is 2.47. The van der Waals surface area contributed by atoms with Gasteiger partial charge in [0.2, 0.25) is 0 Å². The average molecular weight is 283 g/mol. The van der Waals surface area contributed by atoms with Gasteiger partial charge in [0.25, 0.3) is 0 Å². The van der Waals surface area contributed by atoms with Gasteiger partial charge < -0.3 is 9.64 Å². The quantitative estimate of drug-likeness (QED) is 0.740. The Morgan fingerprint density at radius 2 is 2.00 bits per heavy atom. The lowest BCUT2D eigenvalue weighted by atomic mass is 9.77. The number of aromatic nitrogens is 1. The molecule has 3 heterocycles. The first-order valence-electron chi connectivity index (χ1n) is 5.72. The van der Waals surface area contributed by atoms with Crippen molar-refractivity contribution < 1.29 is 4.74 Å². The van der Waals surface area contributed by atoms with E-state index in [1.54, 1.807) is 0 Å². The fourth-order valence-corrected chi connectivity index (χ4v) is 2.71. The van der Waals surface area contributed by atoms with Crippen molar-refractivity contribution in [1.82, 2.24) is 4.98 Å². The Balaban J connectivity index is 1.67. The zero-order valence-electron chi connectivity index (χ0n) is 9.16. The SMILES string of the molecule is Brc1ccc(N2CCC3(CC2)COC3)cn1. The van der Waals surface area contributed by atoms with E-state index in [1.807, 2.05) is 12.3 Å². The second-order valence-corrected chi connectivity index (χ2v) is 5.63. The second kappa shape index (κ2) is 4.00. The molecule has 2 saturated heterocycles. The number of hydrogen-bond acceptors (Lipinski definition) is 3. The van der Waals surface area contributed by atoms with Gasteiger partial charge in [-0.2, -0.15) is 0 Å². The maximum absolute atomic E-state index is 5.34. The van der Waals surface area contributed by atoms with Crippen LogP contribution in [0.1, 0.15) is 12.8 Å². The molecule has 1 aromatic rings. The van der Waals surface area contributed by atoms with Crippen molar-refractivity contribution in [2.75, 3.05) is 31.2 Å². The summed E-state index contributed by atoms with van der Waals surface area (Å²) in [6.45, 7) is 4.21. The molecule has 3 nitrogen and oxygen atoms in total. The smallest absolute Gasteiger partial charge is 0.106 e. The number of rotatable bonds is 1. The van der Waals surface area contributed by atoms with Gasteiger partial charge in [-0.05, 0) is 40.9 Å². The number of halogens is 1. The summed E-state index contributed by atoms with van der Waals surface area (Å²) in [7, 11) is 0. The highest BCUT2D eigenvalue weighted by Crippen LogP contribution is 2.39. The first-order valence-corrected chi connectivity index (χ1v) is 6.51. The molecule has 0 aliphatic carbocycles. The maximum Gasteiger partial charge on any atom is 0.106 e. The van der Waals surface area contributed by atoms with Crippen molar-refractivity contribution in [2.45, 2.75) is 12.8 Å². The summed E-state index contributed by atoms with van der Waals surface area (Å²) in [5, 5.41) is 0. The molecular weight excluding hydrogens is 268 g/mol. The van der Waals surface area contributed by atoms with Gasteiger partial charge in [-0.25, -0.2) is 4.98 Å². The van der Waals surface area contributed by atoms with Crippen LogP contribution in [0.3, 0.4) is 0 Å². The van der Waals surface area contributed by atoms with E-state index < -0.39 is 0 Å². The molecule has 1 spiro atoms. The molecule has 2 fully saturated rings. The molecule has 3 rings (SSSR count). The molecule has 0 amide bonds. The third-order valence-electron chi connectivity index (χ3n) is 3.72. The van der Waals surface area contributed by atoms with Crippen LogP contribution in [0.15, 0.2) is 22.9 Å². The molecule has 2 aliphatic rings. The van der Waals surface area contributed by atoms with E-state index in [-0.39, 0.29) is 0 Å². The zero-order valence-corrected chi connectivity index (χ0v) is 10.7. The molecule has 0 bridgehead atoms. The summed E-state index contributed by atoms with van der Waals surface area (Å²) in [5.74, 6) is 0. The van der Waals surface area contributed by atoms with Crippen molar-refractivity contribution in [2.24, 2.45) is 5.41 Å². The first kappa shape index (κ1) is 10.5. The van der Waals surface area contributed by atoms with Crippen LogP contribution >= 0.6 is 15.9 Å². The van der Waals surface area contributed by atoms with Crippen molar-refractivity contribution in [1.29, 1.82) is 0 Å². The van der Waals surface area contributed by atoms with Gasteiger partial charge in [0, 0.05) is 18.5 Å². The summed E-state index contributed by atoms with van der Waals surface area (Å²) in [6.07, 6.45) is 4.45. The number of piperidine rings is 1. The monoisotopic (exact) mass is 282 g/mol. The van der Waals surface area contributed by atoms with Crippen LogP contribution in [0.5, 0.6) is 0 Å². The van der Waals surface area contributed by atoms with Crippen LogP contribution in [0.25, 0.3) is 0 Å². The number of pyridine rings is 1. The molecule has 0 unspecified atom stereocenters. The first-order chi connectivity index (χ1) is 7.77. The predicted octanol–water partition coefficient (Wildman–Crippen LogP) is 2.46. The van der Waals surface area contributed by atoms with E-state index in [2.05, 4.69) is 31.9 Å². The molecule has 0 radical (unpaired) electrons. The van der Waals surface area contributed by atoms with Crippen LogP contribution < -0.4 is 4.90 Å². The normalized spacial score (nSPS) is 23.2. The minimum Gasteiger partial charge on any atom is -0.380 e. The third-order valence-corrected chi connectivity index (χ3v) is 4.19. The average Bonchev–Trinajstić information content (AvgIpc) is 2.28. The summed E-state index contributed by atoms with van der Waals surface area (Å²) < 4.78 is 6.24.